The first kappa shape index (κ1) is 15.0. The molecule has 0 spiro atoms. The van der Waals surface area contributed by atoms with Crippen LogP contribution in [-0.2, 0) is 0 Å². The number of hydrogen-bond donors (Lipinski definition) is 0. The Morgan fingerprint density at radius 2 is 1.60 bits per heavy atom. The number of nitrogens with zero attached hydrogens (tertiary/aromatic N) is 1. The van der Waals surface area contributed by atoms with Crippen LogP contribution in [-0.4, -0.2) is 24.5 Å². The molecule has 1 nitrogen and oxygen atoms in total. The van der Waals surface area contributed by atoms with Crippen LogP contribution in [0.5, 0.6) is 0 Å². The number of piperidine rings is 1. The van der Waals surface area contributed by atoms with Gasteiger partial charge in [-0.15, -0.1) is 0 Å². The highest BCUT2D eigenvalue weighted by Gasteiger charge is 2.14. The molecule has 0 saturated carbocycles. The molecule has 0 bridgehead atoms. The van der Waals surface area contributed by atoms with Crippen molar-refractivity contribution in [2.75, 3.05) is 19.6 Å². The number of likely N-dealkylation sites (tertiary alicyclic amines) is 1. The fraction of sp³-hybridized carbons (Fsp3) is 1.00. The summed E-state index contributed by atoms with van der Waals surface area (Å²) in [4.78, 5) is 2.65. The zero-order valence-electron chi connectivity index (χ0n) is 11.4. The van der Waals surface area contributed by atoms with Gasteiger partial charge >= 0.3 is 0 Å². The fourth-order valence-corrected chi connectivity index (χ4v) is 2.05. The van der Waals surface area contributed by atoms with E-state index in [-0.39, 0.29) is 0 Å². The highest BCUT2D eigenvalue weighted by molar-refractivity contribution is 4.68. The van der Waals surface area contributed by atoms with E-state index in [4.69, 9.17) is 0 Å². The lowest BCUT2D eigenvalue weighted by Crippen LogP contribution is -2.33. The molecule has 15 heavy (non-hydrogen) atoms. The SMILES string of the molecule is CC.CCCCCCN1CCC(C)CC1. The van der Waals surface area contributed by atoms with Crippen molar-refractivity contribution in [1.82, 2.24) is 4.90 Å². The molecule has 92 valence electrons. The summed E-state index contributed by atoms with van der Waals surface area (Å²) >= 11 is 0. The summed E-state index contributed by atoms with van der Waals surface area (Å²) < 4.78 is 0. The number of unbranched alkanes of at least 4 members (excludes halogenated alkanes) is 3. The van der Waals surface area contributed by atoms with Crippen LogP contribution < -0.4 is 0 Å². The van der Waals surface area contributed by atoms with Gasteiger partial charge in [-0.3, -0.25) is 0 Å². The van der Waals surface area contributed by atoms with Crippen molar-refractivity contribution in [3.05, 3.63) is 0 Å². The van der Waals surface area contributed by atoms with Crippen molar-refractivity contribution >= 4 is 0 Å². The van der Waals surface area contributed by atoms with Gasteiger partial charge in [0.25, 0.3) is 0 Å². The maximum atomic E-state index is 2.65. The third-order valence-electron chi connectivity index (χ3n) is 3.20. The highest BCUT2D eigenvalue weighted by Crippen LogP contribution is 2.16. The fourth-order valence-electron chi connectivity index (χ4n) is 2.05. The van der Waals surface area contributed by atoms with Crippen LogP contribution in [0.25, 0.3) is 0 Å². The first-order chi connectivity index (χ1) is 7.33. The van der Waals surface area contributed by atoms with E-state index in [0.717, 1.165) is 5.92 Å². The first-order valence-corrected chi connectivity index (χ1v) is 7.05. The predicted molar refractivity (Wildman–Crippen MR) is 70.3 cm³/mol. The Morgan fingerprint density at radius 1 is 1.00 bits per heavy atom. The molecule has 1 heterocycles. The smallest absolute Gasteiger partial charge is 0.00162 e. The second-order valence-electron chi connectivity index (χ2n) is 4.58. The summed E-state index contributed by atoms with van der Waals surface area (Å²) in [6, 6.07) is 0. The summed E-state index contributed by atoms with van der Waals surface area (Å²) in [5, 5.41) is 0. The average molecular weight is 213 g/mol. The molecule has 0 aliphatic carbocycles. The molecule has 0 radical (unpaired) electrons. The third kappa shape index (κ3) is 7.84. The van der Waals surface area contributed by atoms with Crippen LogP contribution in [0.15, 0.2) is 0 Å². The van der Waals surface area contributed by atoms with Crippen LogP contribution >= 0.6 is 0 Å². The molecule has 1 aliphatic rings. The van der Waals surface area contributed by atoms with E-state index < -0.39 is 0 Å². The minimum atomic E-state index is 0.979. The number of hydrogen-bond acceptors (Lipinski definition) is 1. The van der Waals surface area contributed by atoms with Crippen LogP contribution in [0.4, 0.5) is 0 Å². The Bertz CT molecular complexity index is 115. The molecule has 1 fully saturated rings. The third-order valence-corrected chi connectivity index (χ3v) is 3.20. The minimum absolute atomic E-state index is 0.979. The molecule has 1 saturated heterocycles. The molecule has 0 aromatic rings. The average Bonchev–Trinajstić information content (AvgIpc) is 2.30. The quantitative estimate of drug-likeness (QED) is 0.615. The van der Waals surface area contributed by atoms with Gasteiger partial charge in [-0.25, -0.2) is 0 Å². The van der Waals surface area contributed by atoms with E-state index in [1.165, 1.54) is 58.2 Å². The summed E-state index contributed by atoms with van der Waals surface area (Å²) in [6.45, 7) is 12.7. The number of rotatable bonds is 5. The summed E-state index contributed by atoms with van der Waals surface area (Å²) in [6.07, 6.45) is 8.48. The molecule has 1 rings (SSSR count). The van der Waals surface area contributed by atoms with E-state index >= 15 is 0 Å². The molecule has 0 aromatic heterocycles. The molecule has 0 unspecified atom stereocenters. The van der Waals surface area contributed by atoms with E-state index in [1.54, 1.807) is 0 Å². The zero-order chi connectivity index (χ0) is 11.5. The van der Waals surface area contributed by atoms with Crippen molar-refractivity contribution in [3.63, 3.8) is 0 Å². The maximum Gasteiger partial charge on any atom is -0.00162 e. The second kappa shape index (κ2) is 10.5. The van der Waals surface area contributed by atoms with Crippen LogP contribution in [0.2, 0.25) is 0 Å². The second-order valence-corrected chi connectivity index (χ2v) is 4.58. The van der Waals surface area contributed by atoms with Crippen LogP contribution in [0.1, 0.15) is 66.2 Å². The van der Waals surface area contributed by atoms with Gasteiger partial charge in [0.05, 0.1) is 0 Å². The molecule has 1 aliphatic heterocycles. The van der Waals surface area contributed by atoms with Crippen LogP contribution in [0.3, 0.4) is 0 Å². The van der Waals surface area contributed by atoms with Gasteiger partial charge in [-0.1, -0.05) is 47.0 Å². The lowest BCUT2D eigenvalue weighted by molar-refractivity contribution is 0.189. The summed E-state index contributed by atoms with van der Waals surface area (Å²) in [7, 11) is 0. The van der Waals surface area contributed by atoms with Crippen LogP contribution in [0, 0.1) is 5.92 Å². The lowest BCUT2D eigenvalue weighted by atomic mass is 9.99. The van der Waals surface area contributed by atoms with Crippen molar-refractivity contribution < 1.29 is 0 Å². The molecule has 0 amide bonds. The Kier molecular flexibility index (Phi) is 10.4. The Balaban J connectivity index is 0.000000921. The molecule has 0 aromatic carbocycles. The topological polar surface area (TPSA) is 3.24 Å². The normalized spacial score (nSPS) is 18.4. The van der Waals surface area contributed by atoms with E-state index in [2.05, 4.69) is 18.7 Å². The highest BCUT2D eigenvalue weighted by atomic mass is 15.1. The molecule has 1 heteroatoms. The Labute approximate surface area is 97.2 Å². The molecule has 0 N–H and O–H groups in total. The largest absolute Gasteiger partial charge is 0.303 e. The molecular formula is C14H31N. The Morgan fingerprint density at radius 3 is 2.13 bits per heavy atom. The summed E-state index contributed by atoms with van der Waals surface area (Å²) in [5.74, 6) is 0.979. The summed E-state index contributed by atoms with van der Waals surface area (Å²) in [5.41, 5.74) is 0. The maximum absolute atomic E-state index is 2.65. The molecule has 0 atom stereocenters. The Hall–Kier alpha value is -0.0400. The van der Waals surface area contributed by atoms with E-state index in [9.17, 15) is 0 Å². The van der Waals surface area contributed by atoms with Crippen molar-refractivity contribution in [3.8, 4) is 0 Å². The van der Waals surface area contributed by atoms with E-state index in [1.807, 2.05) is 13.8 Å². The van der Waals surface area contributed by atoms with Gasteiger partial charge < -0.3 is 4.90 Å². The van der Waals surface area contributed by atoms with Gasteiger partial charge in [0.1, 0.15) is 0 Å². The van der Waals surface area contributed by atoms with E-state index in [0.29, 0.717) is 0 Å². The lowest BCUT2D eigenvalue weighted by Gasteiger charge is -2.30. The van der Waals surface area contributed by atoms with Gasteiger partial charge in [0.2, 0.25) is 0 Å². The van der Waals surface area contributed by atoms with Gasteiger partial charge in [-0.05, 0) is 44.8 Å². The zero-order valence-corrected chi connectivity index (χ0v) is 11.4. The van der Waals surface area contributed by atoms with Crippen molar-refractivity contribution in [1.29, 1.82) is 0 Å². The monoisotopic (exact) mass is 213 g/mol. The van der Waals surface area contributed by atoms with Gasteiger partial charge in [0, 0.05) is 0 Å². The molecular weight excluding hydrogens is 182 g/mol. The minimum Gasteiger partial charge on any atom is -0.303 e. The van der Waals surface area contributed by atoms with Crippen molar-refractivity contribution in [2.45, 2.75) is 66.2 Å². The standard InChI is InChI=1S/C12H25N.C2H6/c1-3-4-5-6-9-13-10-7-12(2)8-11-13;1-2/h12H,3-11H2,1-2H3;1-2H3. The van der Waals surface area contributed by atoms with Crippen molar-refractivity contribution in [2.24, 2.45) is 5.92 Å². The van der Waals surface area contributed by atoms with Gasteiger partial charge in [-0.2, -0.15) is 0 Å². The first-order valence-electron chi connectivity index (χ1n) is 7.05. The van der Waals surface area contributed by atoms with Gasteiger partial charge in [0.15, 0.2) is 0 Å². The predicted octanol–water partition coefficient (Wildman–Crippen LogP) is 4.32.